The maximum Gasteiger partial charge on any atom is 0.338 e. The maximum atomic E-state index is 14.4. The van der Waals surface area contributed by atoms with E-state index in [9.17, 15) is 48.0 Å². The quantitative estimate of drug-likeness (QED) is 0.0730. The van der Waals surface area contributed by atoms with Gasteiger partial charge >= 0.3 is 17.9 Å². The molecule has 0 spiro atoms. The maximum absolute atomic E-state index is 14.4. The summed E-state index contributed by atoms with van der Waals surface area (Å²) >= 11 is 0. The Morgan fingerprint density at radius 1 is 0.841 bits per heavy atom. The number of ketones is 1. The van der Waals surface area contributed by atoms with Crippen molar-refractivity contribution in [3.8, 4) is 5.75 Å². The zero-order valence-electron chi connectivity index (χ0n) is 48.3. The number of ether oxygens (including phenoxy) is 8. The SMILES string of the molecule is COc1ccc(C(=O)O[C@H]2CO[C@H](O[C@H]3[C@H](OC(C)=O)[C@@H](O[C@H]4C[C@H]5[C@@H]6CC=C7C[C@@H](O)CC[C@]7(C)[C@H]6CC[C@]5(C)[C@@]4(O)[C@H](C)C(=O)CCC(C)C)OC[C@H]3O)[C@@H](O)[C@@H]2OC(=O)CN(C)c2ccc(S(=O)(=O)N(C)C)c3nonc23)cc1. The third kappa shape index (κ3) is 11.4. The molecular weight excluding hydrogens is 1090 g/mol. The van der Waals surface area contributed by atoms with Crippen LogP contribution in [0.4, 0.5) is 5.69 Å². The van der Waals surface area contributed by atoms with Gasteiger partial charge in [-0.25, -0.2) is 22.1 Å². The summed E-state index contributed by atoms with van der Waals surface area (Å²) in [6.45, 7) is 9.82. The second kappa shape index (κ2) is 24.1. The van der Waals surface area contributed by atoms with E-state index in [0.29, 0.717) is 37.9 Å². The number of aromatic nitrogens is 2. The number of nitrogens with zero attached hydrogens (tertiary/aromatic N) is 4. The average Bonchev–Trinajstić information content (AvgIpc) is 1.98. The molecule has 3 aromatic rings. The van der Waals surface area contributed by atoms with E-state index in [1.165, 1.54) is 75.1 Å². The van der Waals surface area contributed by atoms with Crippen molar-refractivity contribution in [2.75, 3.05) is 52.9 Å². The summed E-state index contributed by atoms with van der Waals surface area (Å²) in [6.07, 6.45) is -6.76. The first kappa shape index (κ1) is 61.4. The van der Waals surface area contributed by atoms with Crippen molar-refractivity contribution in [1.82, 2.24) is 14.6 Å². The van der Waals surface area contributed by atoms with Gasteiger partial charge in [-0.15, -0.1) is 0 Å². The lowest BCUT2D eigenvalue weighted by molar-refractivity contribution is -0.345. The number of likely N-dealkylation sites (N-methyl/N-ethyl adjacent to an activating group) is 1. The van der Waals surface area contributed by atoms with Gasteiger partial charge in [0.2, 0.25) is 10.0 Å². The van der Waals surface area contributed by atoms with Gasteiger partial charge < -0.3 is 63.2 Å². The van der Waals surface area contributed by atoms with Gasteiger partial charge in [-0.2, -0.15) is 0 Å². The number of allylic oxidation sites excluding steroid dienone is 1. The molecule has 0 unspecified atom stereocenters. The van der Waals surface area contributed by atoms with E-state index < -0.39 is 120 Å². The van der Waals surface area contributed by atoms with Crippen LogP contribution in [0.2, 0.25) is 0 Å². The number of anilines is 1. The van der Waals surface area contributed by atoms with E-state index >= 15 is 0 Å². The number of carbonyl (C=O) groups excluding carboxylic acids is 4. The summed E-state index contributed by atoms with van der Waals surface area (Å²) < 4.78 is 80.6. The number of Topliss-reactive ketones (excluding diaryl/α,β-unsaturated/α-hetero) is 1. The number of aliphatic hydroxyl groups is 4. The Bertz CT molecular complexity index is 2970. The highest BCUT2D eigenvalue weighted by atomic mass is 32.2. The van der Waals surface area contributed by atoms with Crippen molar-refractivity contribution < 1.29 is 90.5 Å². The Morgan fingerprint density at radius 2 is 1.55 bits per heavy atom. The second-order valence-corrected chi connectivity index (χ2v) is 26.5. The fourth-order valence-electron chi connectivity index (χ4n) is 14.2. The molecular formula is C58H80N4O19S. The van der Waals surface area contributed by atoms with Gasteiger partial charge in [0.25, 0.3) is 0 Å². The molecule has 1 aromatic heterocycles. The lowest BCUT2D eigenvalue weighted by atomic mass is 9.46. The number of esters is 3. The van der Waals surface area contributed by atoms with Crippen LogP contribution < -0.4 is 9.64 Å². The number of benzene rings is 2. The number of fused-ring (bicyclic) bond motifs is 6. The van der Waals surface area contributed by atoms with Crippen molar-refractivity contribution in [3.63, 3.8) is 0 Å². The van der Waals surface area contributed by atoms with Crippen molar-refractivity contribution in [2.24, 2.45) is 40.4 Å². The van der Waals surface area contributed by atoms with Crippen LogP contribution in [0, 0.1) is 40.4 Å². The van der Waals surface area contributed by atoms with Crippen LogP contribution in [-0.2, 0) is 57.6 Å². The van der Waals surface area contributed by atoms with E-state index in [1.807, 2.05) is 13.8 Å². The predicted molar refractivity (Wildman–Crippen MR) is 291 cm³/mol. The topological polar surface area (TPSA) is 303 Å². The summed E-state index contributed by atoms with van der Waals surface area (Å²) in [7, 11) is 1.67. The minimum Gasteiger partial charge on any atom is -0.497 e. The van der Waals surface area contributed by atoms with E-state index in [-0.39, 0.29) is 74.6 Å². The Labute approximate surface area is 477 Å². The first-order chi connectivity index (χ1) is 38.7. The molecule has 452 valence electrons. The molecule has 2 saturated heterocycles. The number of hydrogen-bond donors (Lipinski definition) is 4. The highest BCUT2D eigenvalue weighted by Crippen LogP contribution is 2.69. The predicted octanol–water partition coefficient (Wildman–Crippen LogP) is 4.50. The highest BCUT2D eigenvalue weighted by Gasteiger charge is 2.71. The van der Waals surface area contributed by atoms with Gasteiger partial charge in [0.1, 0.15) is 46.9 Å². The third-order valence-electron chi connectivity index (χ3n) is 18.9. The molecule has 0 bridgehead atoms. The Morgan fingerprint density at radius 3 is 2.23 bits per heavy atom. The number of sulfonamides is 1. The molecule has 2 aromatic carbocycles. The summed E-state index contributed by atoms with van der Waals surface area (Å²) in [6, 6.07) is 8.68. The number of methoxy groups -OCH3 is 1. The average molecular weight is 1170 g/mol. The van der Waals surface area contributed by atoms with Crippen LogP contribution in [0.3, 0.4) is 0 Å². The second-order valence-electron chi connectivity index (χ2n) is 24.4. The van der Waals surface area contributed by atoms with Gasteiger partial charge in [-0.1, -0.05) is 46.3 Å². The molecule has 0 amide bonds. The van der Waals surface area contributed by atoms with Crippen molar-refractivity contribution in [3.05, 3.63) is 53.6 Å². The van der Waals surface area contributed by atoms with Gasteiger partial charge in [-0.05, 0) is 127 Å². The van der Waals surface area contributed by atoms with Crippen LogP contribution in [-0.4, -0.2) is 182 Å². The fraction of sp³-hybridized carbons (Fsp3) is 0.690. The van der Waals surface area contributed by atoms with Crippen molar-refractivity contribution >= 4 is 50.4 Å². The Balaban J connectivity index is 0.984. The van der Waals surface area contributed by atoms with Crippen LogP contribution in [0.5, 0.6) is 5.75 Å². The molecule has 9 rings (SSSR count). The molecule has 82 heavy (non-hydrogen) atoms. The summed E-state index contributed by atoms with van der Waals surface area (Å²) in [4.78, 5) is 56.4. The van der Waals surface area contributed by atoms with Crippen LogP contribution in [0.1, 0.15) is 110 Å². The van der Waals surface area contributed by atoms with Crippen LogP contribution in [0.15, 0.2) is 57.6 Å². The van der Waals surface area contributed by atoms with Crippen LogP contribution in [0.25, 0.3) is 11.0 Å². The largest absolute Gasteiger partial charge is 0.497 e. The Hall–Kier alpha value is -5.15. The minimum atomic E-state index is -3.99. The highest BCUT2D eigenvalue weighted by molar-refractivity contribution is 7.89. The molecule has 3 heterocycles. The lowest BCUT2D eigenvalue weighted by Gasteiger charge is -2.59. The zero-order chi connectivity index (χ0) is 59.4. The molecule has 23 nitrogen and oxygen atoms in total. The molecule has 4 aliphatic carbocycles. The fourth-order valence-corrected chi connectivity index (χ4v) is 15.3. The summed E-state index contributed by atoms with van der Waals surface area (Å²) in [5, 5.41) is 56.0. The molecule has 17 atom stereocenters. The number of rotatable bonds is 19. The van der Waals surface area contributed by atoms with E-state index in [1.54, 1.807) is 6.92 Å². The molecule has 24 heteroatoms. The zero-order valence-corrected chi connectivity index (χ0v) is 49.1. The Kier molecular flexibility index (Phi) is 18.0. The summed E-state index contributed by atoms with van der Waals surface area (Å²) in [5.41, 5.74) is -1.19. The standard InChI is InChI=1S/C58H80N4O19S/c1-30(2)11-19-41(65)31(3)58(70)45(26-39-37-17-14-34-25-35(64)21-23-56(34,5)38(37)22-24-57(39,58)6)78-55-52(76-32(4)63)50(42(66)28-74-55)80-54-49(68)51(43(29-75-54)77-53(69)33-12-15-36(73-10)16-13-33)79-46(67)27-62(9)40-18-20-44(82(71,72)61(7)8)48-47(40)59-81-60-48/h12-16,18,20,30-31,35,37-39,42-43,45,49-52,54-55,64,66,68,70H,11,17,19,21-29H2,1-10H3/t31-,35+,37-,38+,39+,42-,43+,45+,49+,50-,51-,52+,54-,55-,56+,57+,58-/m1/s1. The lowest BCUT2D eigenvalue weighted by Crippen LogP contribution is -2.64. The number of carbonyl (C=O) groups is 4. The normalized spacial score (nSPS) is 35.0. The van der Waals surface area contributed by atoms with Crippen LogP contribution >= 0.6 is 0 Å². The molecule has 3 saturated carbocycles. The van der Waals surface area contributed by atoms with Gasteiger partial charge in [0.05, 0.1) is 43.8 Å². The molecule has 6 aliphatic rings. The number of aliphatic hydroxyl groups excluding tert-OH is 3. The number of hydrogen-bond acceptors (Lipinski definition) is 22. The molecule has 0 radical (unpaired) electrons. The van der Waals surface area contributed by atoms with Gasteiger partial charge in [-0.3, -0.25) is 14.4 Å². The minimum absolute atomic E-state index is 0.0168. The molecule has 4 N–H and O–H groups in total. The van der Waals surface area contributed by atoms with E-state index in [0.717, 1.165) is 30.5 Å². The monoisotopic (exact) mass is 1170 g/mol. The van der Waals surface area contributed by atoms with Crippen molar-refractivity contribution in [1.29, 1.82) is 0 Å². The van der Waals surface area contributed by atoms with Gasteiger partial charge in [0, 0.05) is 45.8 Å². The smallest absolute Gasteiger partial charge is 0.338 e. The molecule has 2 aliphatic heterocycles. The summed E-state index contributed by atoms with van der Waals surface area (Å²) in [5.74, 6) is -2.72. The molecule has 5 fully saturated rings. The first-order valence-electron chi connectivity index (χ1n) is 28.4. The van der Waals surface area contributed by atoms with Crippen molar-refractivity contribution in [2.45, 2.75) is 171 Å². The first-order valence-corrected chi connectivity index (χ1v) is 29.8. The van der Waals surface area contributed by atoms with Gasteiger partial charge in [0.15, 0.2) is 41.9 Å². The third-order valence-corrected chi connectivity index (χ3v) is 20.7. The van der Waals surface area contributed by atoms with E-state index in [4.69, 9.17) is 42.5 Å². The van der Waals surface area contributed by atoms with E-state index in [2.05, 4.69) is 30.2 Å².